The van der Waals surface area contributed by atoms with Gasteiger partial charge in [0.05, 0.1) is 0 Å². The molecular formula is C13H15KN2O2S2. The van der Waals surface area contributed by atoms with Crippen LogP contribution in [0.4, 0.5) is 0 Å². The molecular weight excluding hydrogens is 319 g/mol. The normalized spacial score (nSPS) is 8.80. The Hall–Kier alpha value is -0.284. The summed E-state index contributed by atoms with van der Waals surface area (Å²) in [6.07, 6.45) is 0. The van der Waals surface area contributed by atoms with Gasteiger partial charge in [0.2, 0.25) is 0 Å². The average molecular weight is 335 g/mol. The summed E-state index contributed by atoms with van der Waals surface area (Å²) in [5.41, 5.74) is 5.53. The van der Waals surface area contributed by atoms with E-state index in [0.717, 1.165) is 5.56 Å². The molecule has 0 radical (unpaired) electrons. The Kier molecular flexibility index (Phi) is 10.3. The van der Waals surface area contributed by atoms with Crippen molar-refractivity contribution in [1.29, 1.82) is 0 Å². The van der Waals surface area contributed by atoms with Crippen LogP contribution in [-0.2, 0) is 6.54 Å². The number of aliphatic hydroxyl groups excluding tert-OH is 2. The number of rotatable bonds is 2. The van der Waals surface area contributed by atoms with Crippen LogP contribution in [0, 0.1) is 0 Å². The minimum atomic E-state index is -0.500. The molecule has 0 aliphatic rings. The number of nitrogens with two attached hydrogens (primary N) is 1. The van der Waals surface area contributed by atoms with Crippen molar-refractivity contribution in [3.63, 3.8) is 0 Å². The predicted octanol–water partition coefficient (Wildman–Crippen LogP) is 1.91. The van der Waals surface area contributed by atoms with Gasteiger partial charge in [0.1, 0.15) is 0 Å². The van der Waals surface area contributed by atoms with Crippen LogP contribution in [0.2, 0.25) is 0 Å². The molecule has 0 heterocycles. The molecule has 5 N–H and O–H groups in total. The van der Waals surface area contributed by atoms with Gasteiger partial charge >= 0.3 is 51.4 Å². The van der Waals surface area contributed by atoms with E-state index >= 15 is 0 Å². The number of thiocarbonyl (C=S) groups is 2. The van der Waals surface area contributed by atoms with E-state index in [9.17, 15) is 0 Å². The molecule has 4 nitrogen and oxygen atoms in total. The van der Waals surface area contributed by atoms with Gasteiger partial charge in [-0.2, -0.15) is 0 Å². The van der Waals surface area contributed by atoms with Crippen molar-refractivity contribution >= 4 is 96.9 Å². The van der Waals surface area contributed by atoms with Crippen LogP contribution in [0.15, 0.2) is 42.5 Å². The quantitative estimate of drug-likeness (QED) is 0.496. The second-order valence-electron chi connectivity index (χ2n) is 3.64. The first-order valence-electron chi connectivity index (χ1n) is 5.42. The minimum absolute atomic E-state index is 0. The maximum absolute atomic E-state index is 8.91. The molecule has 0 amide bonds. The standard InChI is InChI=1S/C12H11NOS.CH3NOS.K.H/c14-12(15)13-8-10-6-3-5-9-4-1-2-7-11(9)10;2-1(3)4;;/h1-7H,8H2,(H2,13,14,15);(H3,2,3,4);;. The third-order valence-corrected chi connectivity index (χ3v) is 2.45. The summed E-state index contributed by atoms with van der Waals surface area (Å²) < 4.78 is 0. The van der Waals surface area contributed by atoms with E-state index in [1.54, 1.807) is 0 Å². The van der Waals surface area contributed by atoms with Crippen LogP contribution >= 0.6 is 24.4 Å². The number of hydrogen-bond donors (Lipinski definition) is 4. The van der Waals surface area contributed by atoms with Gasteiger partial charge in [-0.25, -0.2) is 0 Å². The first-order valence-corrected chi connectivity index (χ1v) is 6.24. The molecule has 0 atom stereocenters. The zero-order valence-corrected chi connectivity index (χ0v) is 11.7. The van der Waals surface area contributed by atoms with E-state index in [0.29, 0.717) is 6.54 Å². The fourth-order valence-electron chi connectivity index (χ4n) is 1.62. The van der Waals surface area contributed by atoms with E-state index in [-0.39, 0.29) is 56.6 Å². The van der Waals surface area contributed by atoms with Crippen LogP contribution in [0.5, 0.6) is 0 Å². The van der Waals surface area contributed by atoms with Gasteiger partial charge in [-0.1, -0.05) is 42.5 Å². The second-order valence-corrected chi connectivity index (χ2v) is 4.44. The fraction of sp³-hybridized carbons (Fsp3) is 0.0769. The third-order valence-electron chi connectivity index (χ3n) is 2.31. The molecule has 0 fully saturated rings. The molecule has 0 aliphatic heterocycles. The summed E-state index contributed by atoms with van der Waals surface area (Å²) in [4.78, 5) is 0. The first-order chi connectivity index (χ1) is 9.00. The van der Waals surface area contributed by atoms with Crippen LogP contribution in [0.3, 0.4) is 0 Å². The molecule has 0 spiro atoms. The number of benzene rings is 2. The summed E-state index contributed by atoms with van der Waals surface area (Å²) in [7, 11) is 0. The zero-order valence-electron chi connectivity index (χ0n) is 10.0. The van der Waals surface area contributed by atoms with Crippen molar-refractivity contribution in [2.45, 2.75) is 6.54 Å². The Bertz CT molecular complexity index is 584. The third kappa shape index (κ3) is 7.49. The molecule has 0 bridgehead atoms. The zero-order chi connectivity index (χ0) is 14.3. The summed E-state index contributed by atoms with van der Waals surface area (Å²) in [6.45, 7) is 0.552. The summed E-state index contributed by atoms with van der Waals surface area (Å²) in [5.74, 6) is 0. The van der Waals surface area contributed by atoms with Gasteiger partial charge in [0.15, 0.2) is 0 Å². The summed E-state index contributed by atoms with van der Waals surface area (Å²) in [6, 6.07) is 14.2. The predicted molar refractivity (Wildman–Crippen MR) is 92.6 cm³/mol. The van der Waals surface area contributed by atoms with Gasteiger partial charge in [-0.3, -0.25) is 0 Å². The van der Waals surface area contributed by atoms with Gasteiger partial charge < -0.3 is 21.3 Å². The van der Waals surface area contributed by atoms with Crippen LogP contribution in [-0.4, -0.2) is 71.9 Å². The molecule has 0 unspecified atom stereocenters. The summed E-state index contributed by atoms with van der Waals surface area (Å²) >= 11 is 8.43. The van der Waals surface area contributed by atoms with E-state index in [1.807, 2.05) is 24.3 Å². The Morgan fingerprint density at radius 3 is 2.20 bits per heavy atom. The molecule has 2 aromatic rings. The SMILES string of the molecule is NC(O)=S.OC(=S)NCc1cccc2ccccc12.[KH]. The Labute approximate surface area is 170 Å². The molecule has 20 heavy (non-hydrogen) atoms. The maximum atomic E-state index is 8.91. The van der Waals surface area contributed by atoms with E-state index in [2.05, 4.69) is 53.7 Å². The summed E-state index contributed by atoms with van der Waals surface area (Å²) in [5, 5.41) is 20.9. The fourth-order valence-corrected chi connectivity index (χ4v) is 1.69. The van der Waals surface area contributed by atoms with Crippen molar-refractivity contribution < 1.29 is 10.2 Å². The van der Waals surface area contributed by atoms with Crippen molar-refractivity contribution in [3.05, 3.63) is 48.0 Å². The van der Waals surface area contributed by atoms with E-state index < -0.39 is 5.17 Å². The van der Waals surface area contributed by atoms with Crippen LogP contribution < -0.4 is 11.1 Å². The molecule has 2 rings (SSSR count). The van der Waals surface area contributed by atoms with Gasteiger partial charge in [0, 0.05) is 6.54 Å². The molecule has 0 aromatic heterocycles. The van der Waals surface area contributed by atoms with Crippen molar-refractivity contribution in [1.82, 2.24) is 5.32 Å². The van der Waals surface area contributed by atoms with Gasteiger partial charge in [-0.05, 0) is 40.8 Å². The van der Waals surface area contributed by atoms with Crippen molar-refractivity contribution in [3.8, 4) is 0 Å². The van der Waals surface area contributed by atoms with Crippen molar-refractivity contribution in [2.24, 2.45) is 5.73 Å². The van der Waals surface area contributed by atoms with E-state index in [4.69, 9.17) is 10.2 Å². The molecule has 0 saturated heterocycles. The number of hydrogen-bond acceptors (Lipinski definition) is 2. The average Bonchev–Trinajstić information content (AvgIpc) is 2.35. The van der Waals surface area contributed by atoms with E-state index in [1.165, 1.54) is 10.8 Å². The number of fused-ring (bicyclic) bond motifs is 1. The molecule has 0 aliphatic carbocycles. The Balaban J connectivity index is 0.000000644. The monoisotopic (exact) mass is 334 g/mol. The van der Waals surface area contributed by atoms with Crippen LogP contribution in [0.25, 0.3) is 10.8 Å². The second kappa shape index (κ2) is 10.4. The van der Waals surface area contributed by atoms with Gasteiger partial charge in [0.25, 0.3) is 10.3 Å². The number of aliphatic hydroxyl groups is 2. The molecule has 2 aromatic carbocycles. The first kappa shape index (κ1) is 19.7. The molecule has 7 heteroatoms. The molecule has 102 valence electrons. The van der Waals surface area contributed by atoms with Crippen LogP contribution in [0.1, 0.15) is 5.56 Å². The van der Waals surface area contributed by atoms with Crippen molar-refractivity contribution in [2.75, 3.05) is 0 Å². The molecule has 0 saturated carbocycles. The van der Waals surface area contributed by atoms with Gasteiger partial charge in [-0.15, -0.1) is 0 Å². The Morgan fingerprint density at radius 2 is 1.60 bits per heavy atom. The Morgan fingerprint density at radius 1 is 1.05 bits per heavy atom. The topological polar surface area (TPSA) is 78.5 Å². The number of nitrogens with one attached hydrogen (secondary N) is 1.